The second-order valence-corrected chi connectivity index (χ2v) is 7.46. The molecule has 3 aromatic rings. The van der Waals surface area contributed by atoms with E-state index >= 15 is 0 Å². The number of halogens is 3. The van der Waals surface area contributed by atoms with E-state index in [1.54, 1.807) is 20.0 Å². The zero-order valence-corrected chi connectivity index (χ0v) is 16.4. The van der Waals surface area contributed by atoms with E-state index in [2.05, 4.69) is 20.5 Å². The number of nitrogens with zero attached hydrogens (tertiary/aromatic N) is 4. The number of pyridine rings is 1. The van der Waals surface area contributed by atoms with Gasteiger partial charge in [0.15, 0.2) is 5.82 Å². The summed E-state index contributed by atoms with van der Waals surface area (Å²) in [7, 11) is 0. The monoisotopic (exact) mass is 418 g/mol. The van der Waals surface area contributed by atoms with Gasteiger partial charge in [-0.1, -0.05) is 0 Å². The zero-order chi connectivity index (χ0) is 21.6. The summed E-state index contributed by atoms with van der Waals surface area (Å²) in [5.41, 5.74) is 7.07. The van der Waals surface area contributed by atoms with E-state index in [-0.39, 0.29) is 17.4 Å². The lowest BCUT2D eigenvalue weighted by atomic mass is 10.0. The number of alkyl halides is 2. The molecule has 1 aliphatic rings. The number of hydrogen-bond acceptors (Lipinski definition) is 7. The van der Waals surface area contributed by atoms with Crippen LogP contribution in [0.1, 0.15) is 36.2 Å². The molecule has 0 bridgehead atoms. The van der Waals surface area contributed by atoms with Gasteiger partial charge in [-0.15, -0.1) is 5.10 Å². The Balaban J connectivity index is 1.71. The first kappa shape index (κ1) is 20.1. The van der Waals surface area contributed by atoms with Crippen LogP contribution in [0.5, 0.6) is 0 Å². The summed E-state index contributed by atoms with van der Waals surface area (Å²) in [4.78, 5) is 6.42. The minimum atomic E-state index is -2.97. The van der Waals surface area contributed by atoms with Crippen molar-refractivity contribution in [1.29, 1.82) is 0 Å². The molecule has 0 unspecified atom stereocenters. The van der Waals surface area contributed by atoms with E-state index < -0.39 is 23.8 Å². The highest BCUT2D eigenvalue weighted by Crippen LogP contribution is 2.33. The molecule has 0 amide bonds. The SMILES string of the molecule is Cc1nnc(N[C@H](C)c2cc(N)cc(C(F)F)c2F)c2cc(N3CC(O)C3)cnc12. The standard InChI is InChI=1S/C20H21F3N6O/c1-9(14-3-11(24)4-15(17(14)21)19(22)23)26-20-16-5-12(29-7-13(30)8-29)6-25-18(16)10(2)27-28-20/h3-6,9,13,19,30H,7-8,24H2,1-2H3,(H,26,28)/t9-/m1/s1. The molecule has 1 atom stereocenters. The third-order valence-electron chi connectivity index (χ3n) is 5.20. The second kappa shape index (κ2) is 7.60. The van der Waals surface area contributed by atoms with E-state index in [0.29, 0.717) is 35.5 Å². The average molecular weight is 418 g/mol. The number of nitrogen functional groups attached to an aromatic ring is 1. The summed E-state index contributed by atoms with van der Waals surface area (Å²) in [6.45, 7) is 4.42. The lowest BCUT2D eigenvalue weighted by Gasteiger charge is -2.37. The average Bonchev–Trinajstić information content (AvgIpc) is 2.68. The van der Waals surface area contributed by atoms with Crippen molar-refractivity contribution >= 4 is 28.1 Å². The molecule has 1 saturated heterocycles. The van der Waals surface area contributed by atoms with Crippen LogP contribution >= 0.6 is 0 Å². The highest BCUT2D eigenvalue weighted by Gasteiger charge is 2.26. The number of hydrogen-bond donors (Lipinski definition) is 3. The van der Waals surface area contributed by atoms with E-state index in [1.807, 2.05) is 11.0 Å². The van der Waals surface area contributed by atoms with Gasteiger partial charge in [-0.2, -0.15) is 5.10 Å². The summed E-state index contributed by atoms with van der Waals surface area (Å²) in [5, 5.41) is 21.5. The normalized spacial score (nSPS) is 15.5. The van der Waals surface area contributed by atoms with Crippen LogP contribution in [0, 0.1) is 12.7 Å². The highest BCUT2D eigenvalue weighted by molar-refractivity contribution is 5.92. The minimum Gasteiger partial charge on any atom is -0.399 e. The molecule has 0 radical (unpaired) electrons. The quantitative estimate of drug-likeness (QED) is 0.547. The Morgan fingerprint density at radius 2 is 1.90 bits per heavy atom. The van der Waals surface area contributed by atoms with Crippen molar-refractivity contribution in [3.8, 4) is 0 Å². The number of rotatable bonds is 5. The molecule has 1 fully saturated rings. The molecule has 0 spiro atoms. The molecule has 30 heavy (non-hydrogen) atoms. The number of aromatic nitrogens is 3. The number of anilines is 3. The molecule has 4 N–H and O–H groups in total. The Morgan fingerprint density at radius 3 is 2.57 bits per heavy atom. The molecule has 3 heterocycles. The Kier molecular flexibility index (Phi) is 5.10. The van der Waals surface area contributed by atoms with Crippen LogP contribution in [0.2, 0.25) is 0 Å². The molecule has 10 heteroatoms. The first-order valence-corrected chi connectivity index (χ1v) is 9.44. The smallest absolute Gasteiger partial charge is 0.266 e. The summed E-state index contributed by atoms with van der Waals surface area (Å²) in [6.07, 6.45) is -1.65. The van der Waals surface area contributed by atoms with Gasteiger partial charge >= 0.3 is 0 Å². The molecule has 7 nitrogen and oxygen atoms in total. The van der Waals surface area contributed by atoms with E-state index in [9.17, 15) is 18.3 Å². The molecule has 2 aromatic heterocycles. The number of aryl methyl sites for hydroxylation is 1. The van der Waals surface area contributed by atoms with E-state index in [4.69, 9.17) is 5.73 Å². The fourth-order valence-electron chi connectivity index (χ4n) is 3.55. The third kappa shape index (κ3) is 3.58. The number of nitrogens with one attached hydrogen (secondary N) is 1. The van der Waals surface area contributed by atoms with Gasteiger partial charge in [-0.05, 0) is 32.0 Å². The Labute approximate surface area is 170 Å². The molecule has 4 rings (SSSR count). The van der Waals surface area contributed by atoms with Crippen molar-refractivity contribution < 1.29 is 18.3 Å². The summed E-state index contributed by atoms with van der Waals surface area (Å²) in [6, 6.07) is 3.43. The number of aliphatic hydroxyl groups excluding tert-OH is 1. The fourth-order valence-corrected chi connectivity index (χ4v) is 3.55. The van der Waals surface area contributed by atoms with E-state index in [1.165, 1.54) is 6.07 Å². The molecule has 158 valence electrons. The third-order valence-corrected chi connectivity index (χ3v) is 5.20. The molecular formula is C20H21F3N6O. The lowest BCUT2D eigenvalue weighted by molar-refractivity contribution is 0.142. The second-order valence-electron chi connectivity index (χ2n) is 7.46. The maximum atomic E-state index is 14.6. The fraction of sp³-hybridized carbons (Fsp3) is 0.350. The van der Waals surface area contributed by atoms with Crippen LogP contribution < -0.4 is 16.0 Å². The highest BCUT2D eigenvalue weighted by atomic mass is 19.3. The predicted molar refractivity (Wildman–Crippen MR) is 108 cm³/mol. The Hall–Kier alpha value is -3.14. The Morgan fingerprint density at radius 1 is 1.20 bits per heavy atom. The van der Waals surface area contributed by atoms with Gasteiger partial charge in [0.05, 0.1) is 40.8 Å². The van der Waals surface area contributed by atoms with Crippen LogP contribution in [0.15, 0.2) is 24.4 Å². The van der Waals surface area contributed by atoms with Gasteiger partial charge in [0.25, 0.3) is 6.43 Å². The summed E-state index contributed by atoms with van der Waals surface area (Å²) >= 11 is 0. The van der Waals surface area contributed by atoms with Crippen molar-refractivity contribution in [3.63, 3.8) is 0 Å². The number of β-amino-alcohol motifs (C(OH)–C–C–N with tert-alkyl or cyclic N) is 1. The van der Waals surface area contributed by atoms with Crippen molar-refractivity contribution in [2.75, 3.05) is 29.0 Å². The molecule has 1 aliphatic heterocycles. The number of aliphatic hydroxyl groups is 1. The van der Waals surface area contributed by atoms with Gasteiger partial charge in [0.2, 0.25) is 0 Å². The summed E-state index contributed by atoms with van der Waals surface area (Å²) < 4.78 is 40.9. The maximum Gasteiger partial charge on any atom is 0.266 e. The van der Waals surface area contributed by atoms with Crippen molar-refractivity contribution in [1.82, 2.24) is 15.2 Å². The van der Waals surface area contributed by atoms with Crippen LogP contribution in [-0.4, -0.2) is 39.5 Å². The van der Waals surface area contributed by atoms with Gasteiger partial charge < -0.3 is 21.1 Å². The topological polar surface area (TPSA) is 100 Å². The molecular weight excluding hydrogens is 397 g/mol. The van der Waals surface area contributed by atoms with Gasteiger partial charge in [-0.25, -0.2) is 13.2 Å². The van der Waals surface area contributed by atoms with Crippen LogP contribution in [0.3, 0.4) is 0 Å². The summed E-state index contributed by atoms with van der Waals surface area (Å²) in [5.74, 6) is -0.657. The predicted octanol–water partition coefficient (Wildman–Crippen LogP) is 3.35. The molecule has 0 saturated carbocycles. The van der Waals surface area contributed by atoms with Crippen molar-refractivity contribution in [3.05, 3.63) is 47.0 Å². The van der Waals surface area contributed by atoms with Gasteiger partial charge in [0, 0.05) is 29.7 Å². The van der Waals surface area contributed by atoms with Gasteiger partial charge in [-0.3, -0.25) is 4.98 Å². The largest absolute Gasteiger partial charge is 0.399 e. The first-order valence-electron chi connectivity index (χ1n) is 9.44. The zero-order valence-electron chi connectivity index (χ0n) is 16.4. The lowest BCUT2D eigenvalue weighted by Crippen LogP contribution is -2.50. The Bertz CT molecular complexity index is 1100. The number of benzene rings is 1. The molecule has 1 aromatic carbocycles. The van der Waals surface area contributed by atoms with Crippen molar-refractivity contribution in [2.45, 2.75) is 32.4 Å². The van der Waals surface area contributed by atoms with Crippen LogP contribution in [0.25, 0.3) is 10.9 Å². The van der Waals surface area contributed by atoms with Crippen molar-refractivity contribution in [2.24, 2.45) is 0 Å². The molecule has 0 aliphatic carbocycles. The van der Waals surface area contributed by atoms with E-state index in [0.717, 1.165) is 11.8 Å². The van der Waals surface area contributed by atoms with Crippen LogP contribution in [-0.2, 0) is 0 Å². The maximum absolute atomic E-state index is 14.6. The minimum absolute atomic E-state index is 0.0100. The van der Waals surface area contributed by atoms with Crippen LogP contribution in [0.4, 0.5) is 30.4 Å². The first-order chi connectivity index (χ1) is 14.2. The number of nitrogens with two attached hydrogens (primary N) is 1. The van der Waals surface area contributed by atoms with Gasteiger partial charge in [0.1, 0.15) is 5.82 Å². The number of fused-ring (bicyclic) bond motifs is 1.